The minimum Gasteiger partial charge on any atom is -0.502 e. The van der Waals surface area contributed by atoms with Crippen LogP contribution >= 0.6 is 24.0 Å². The minimum atomic E-state index is -3.78. The number of sulfonamides is 1. The highest BCUT2D eigenvalue weighted by molar-refractivity contribution is 8.26. The fourth-order valence-electron chi connectivity index (χ4n) is 3.52. The lowest BCUT2D eigenvalue weighted by Gasteiger charge is -2.14. The Morgan fingerprint density at radius 2 is 1.76 bits per heavy atom. The van der Waals surface area contributed by atoms with Gasteiger partial charge in [-0.05, 0) is 60.9 Å². The smallest absolute Gasteiger partial charge is 0.266 e. The molecule has 1 heterocycles. The highest BCUT2D eigenvalue weighted by Crippen LogP contribution is 2.39. The van der Waals surface area contributed by atoms with Crippen LogP contribution < -0.4 is 19.9 Å². The van der Waals surface area contributed by atoms with Crippen molar-refractivity contribution in [2.24, 2.45) is 5.14 Å². The molecule has 2 aromatic rings. The molecule has 0 atom stereocenters. The summed E-state index contributed by atoms with van der Waals surface area (Å²) in [6.07, 6.45) is 3.93. The molecule has 198 valence electrons. The number of anilines is 1. The first kappa shape index (κ1) is 28.4. The Kier molecular flexibility index (Phi) is 9.54. The summed E-state index contributed by atoms with van der Waals surface area (Å²) in [6, 6.07) is 8.82. The van der Waals surface area contributed by atoms with Gasteiger partial charge in [0, 0.05) is 18.7 Å². The maximum absolute atomic E-state index is 12.9. The lowest BCUT2D eigenvalue weighted by atomic mass is 10.1. The van der Waals surface area contributed by atoms with Crippen LogP contribution in [-0.4, -0.2) is 55.3 Å². The number of aromatic hydroxyl groups is 1. The zero-order valence-electron chi connectivity index (χ0n) is 20.2. The average Bonchev–Trinajstić information content (AvgIpc) is 3.11. The number of primary sulfonamides is 1. The number of nitrogens with zero attached hydrogens (tertiary/aromatic N) is 1. The molecule has 13 heteroatoms. The summed E-state index contributed by atoms with van der Waals surface area (Å²) in [4.78, 5) is 27.0. The molecule has 1 fully saturated rings. The fourth-order valence-corrected chi connectivity index (χ4v) is 5.35. The molecule has 4 N–H and O–H groups in total. The zero-order chi connectivity index (χ0) is 27.2. The van der Waals surface area contributed by atoms with Crippen molar-refractivity contribution in [2.45, 2.75) is 30.6 Å². The van der Waals surface area contributed by atoms with Crippen molar-refractivity contribution < 1.29 is 32.6 Å². The van der Waals surface area contributed by atoms with Gasteiger partial charge >= 0.3 is 0 Å². The van der Waals surface area contributed by atoms with Crippen LogP contribution in [0.1, 0.15) is 31.2 Å². The van der Waals surface area contributed by atoms with Crippen LogP contribution in [0.3, 0.4) is 0 Å². The number of hydrogen-bond donors (Lipinski definition) is 3. The third-order valence-electron chi connectivity index (χ3n) is 5.43. The van der Waals surface area contributed by atoms with Gasteiger partial charge in [-0.1, -0.05) is 30.4 Å². The monoisotopic (exact) mass is 565 g/mol. The van der Waals surface area contributed by atoms with E-state index in [-0.39, 0.29) is 40.4 Å². The molecular weight excluding hydrogens is 538 g/mol. The number of phenolic OH excluding ortho intramolecular Hbond substituents is 1. The second kappa shape index (κ2) is 12.4. The number of carbonyl (C=O) groups excluding carboxylic acids is 2. The van der Waals surface area contributed by atoms with Crippen LogP contribution in [-0.2, 0) is 19.6 Å². The molecule has 0 saturated carbocycles. The third-order valence-corrected chi connectivity index (χ3v) is 7.73. The van der Waals surface area contributed by atoms with Gasteiger partial charge < -0.3 is 19.9 Å². The van der Waals surface area contributed by atoms with Crippen molar-refractivity contribution in [3.63, 3.8) is 0 Å². The number of rotatable bonds is 11. The predicted molar refractivity (Wildman–Crippen MR) is 146 cm³/mol. The van der Waals surface area contributed by atoms with Gasteiger partial charge in [0.05, 0.1) is 24.0 Å². The SMILES string of the molecule is COc1cc(/C=C2\SC(=S)N(CCCCCC(=O)Nc3ccc(S(N)(=O)=O)cc3)C2=O)cc(OC)c1O. The summed E-state index contributed by atoms with van der Waals surface area (Å²) < 4.78 is 33.4. The summed E-state index contributed by atoms with van der Waals surface area (Å²) >= 11 is 6.58. The Labute approximate surface area is 224 Å². The Hall–Kier alpha value is -3.13. The molecule has 10 nitrogen and oxygen atoms in total. The van der Waals surface area contributed by atoms with Gasteiger partial charge in [-0.3, -0.25) is 14.5 Å². The number of phenols is 1. The van der Waals surface area contributed by atoms with Gasteiger partial charge in [0.25, 0.3) is 5.91 Å². The number of amides is 2. The maximum atomic E-state index is 12.9. The van der Waals surface area contributed by atoms with E-state index >= 15 is 0 Å². The van der Waals surface area contributed by atoms with Gasteiger partial charge in [0.1, 0.15) is 4.32 Å². The van der Waals surface area contributed by atoms with Crippen molar-refractivity contribution in [1.29, 1.82) is 0 Å². The average molecular weight is 566 g/mol. The zero-order valence-corrected chi connectivity index (χ0v) is 22.7. The topological polar surface area (TPSA) is 148 Å². The molecule has 0 unspecified atom stereocenters. The first-order chi connectivity index (χ1) is 17.5. The predicted octanol–water partition coefficient (Wildman–Crippen LogP) is 3.46. The van der Waals surface area contributed by atoms with Crippen LogP contribution in [0.4, 0.5) is 5.69 Å². The van der Waals surface area contributed by atoms with E-state index in [1.54, 1.807) is 18.2 Å². The van der Waals surface area contributed by atoms with E-state index in [0.717, 1.165) is 0 Å². The van der Waals surface area contributed by atoms with Crippen LogP contribution in [0.2, 0.25) is 0 Å². The number of carbonyl (C=O) groups is 2. The highest BCUT2D eigenvalue weighted by atomic mass is 32.2. The number of nitrogens with one attached hydrogen (secondary N) is 1. The van der Waals surface area contributed by atoms with E-state index in [0.29, 0.717) is 46.3 Å². The van der Waals surface area contributed by atoms with Gasteiger partial charge in [-0.15, -0.1) is 0 Å². The summed E-state index contributed by atoms with van der Waals surface area (Å²) in [7, 11) is -0.933. The van der Waals surface area contributed by atoms with E-state index in [1.165, 1.54) is 55.1 Å². The van der Waals surface area contributed by atoms with Crippen molar-refractivity contribution in [3.8, 4) is 17.2 Å². The molecule has 3 rings (SSSR count). The van der Waals surface area contributed by atoms with Crippen LogP contribution in [0.15, 0.2) is 46.2 Å². The summed E-state index contributed by atoms with van der Waals surface area (Å²) in [5.74, 6) is -0.0713. The Balaban J connectivity index is 1.48. The second-order valence-corrected chi connectivity index (χ2v) is 11.3. The molecular formula is C24H27N3O7S3. The number of hydrogen-bond acceptors (Lipinski definition) is 9. The lowest BCUT2D eigenvalue weighted by molar-refractivity contribution is -0.122. The van der Waals surface area contributed by atoms with Gasteiger partial charge in [-0.2, -0.15) is 0 Å². The number of unbranched alkanes of at least 4 members (excludes halogenated alkanes) is 2. The molecule has 2 amide bonds. The second-order valence-electron chi connectivity index (χ2n) is 8.04. The normalized spacial score (nSPS) is 14.8. The quantitative estimate of drug-likeness (QED) is 0.212. The van der Waals surface area contributed by atoms with Gasteiger partial charge in [0.2, 0.25) is 21.7 Å². The third kappa shape index (κ3) is 7.44. The molecule has 37 heavy (non-hydrogen) atoms. The Morgan fingerprint density at radius 3 is 2.32 bits per heavy atom. The largest absolute Gasteiger partial charge is 0.502 e. The number of thiocarbonyl (C=S) groups is 1. The molecule has 1 saturated heterocycles. The lowest BCUT2D eigenvalue weighted by Crippen LogP contribution is -2.29. The first-order valence-corrected chi connectivity index (χ1v) is 13.9. The van der Waals surface area contributed by atoms with E-state index in [1.807, 2.05) is 0 Å². The molecule has 0 bridgehead atoms. The van der Waals surface area contributed by atoms with Gasteiger partial charge in [-0.25, -0.2) is 13.6 Å². The Bertz CT molecular complexity index is 1300. The summed E-state index contributed by atoms with van der Waals surface area (Å²) in [6.45, 7) is 0.431. The van der Waals surface area contributed by atoms with Crippen molar-refractivity contribution >= 4 is 61.9 Å². The first-order valence-electron chi connectivity index (χ1n) is 11.2. The number of nitrogens with two attached hydrogens (primary N) is 1. The molecule has 0 aliphatic carbocycles. The molecule has 0 radical (unpaired) electrons. The number of thioether (sulfide) groups is 1. The van der Waals surface area contributed by atoms with Crippen molar-refractivity contribution in [3.05, 3.63) is 46.9 Å². The maximum Gasteiger partial charge on any atom is 0.266 e. The summed E-state index contributed by atoms with van der Waals surface area (Å²) in [5.41, 5.74) is 1.10. The van der Waals surface area contributed by atoms with Crippen molar-refractivity contribution in [1.82, 2.24) is 4.90 Å². The van der Waals surface area contributed by atoms with Crippen LogP contribution in [0.25, 0.3) is 6.08 Å². The number of benzene rings is 2. The molecule has 1 aliphatic rings. The van der Waals surface area contributed by atoms with Crippen LogP contribution in [0.5, 0.6) is 17.2 Å². The highest BCUT2D eigenvalue weighted by Gasteiger charge is 2.31. The van der Waals surface area contributed by atoms with E-state index < -0.39 is 10.0 Å². The molecule has 0 spiro atoms. The van der Waals surface area contributed by atoms with E-state index in [4.69, 9.17) is 26.8 Å². The van der Waals surface area contributed by atoms with Crippen molar-refractivity contribution in [2.75, 3.05) is 26.1 Å². The fraction of sp³-hybridized carbons (Fsp3) is 0.292. The molecule has 1 aliphatic heterocycles. The standard InChI is InChI=1S/C24H27N3O7S3/c1-33-18-12-15(13-19(34-2)22(18)29)14-20-23(30)27(24(35)36-20)11-5-3-4-6-21(28)26-16-7-9-17(10-8-16)37(25,31)32/h7-10,12-14,29H,3-6,11H2,1-2H3,(H,26,28)(H2,25,31,32)/b20-14-. The molecule has 0 aromatic heterocycles. The molecule has 2 aromatic carbocycles. The number of methoxy groups -OCH3 is 2. The van der Waals surface area contributed by atoms with E-state index in [2.05, 4.69) is 5.32 Å². The summed E-state index contributed by atoms with van der Waals surface area (Å²) in [5, 5.41) is 17.8. The van der Waals surface area contributed by atoms with Gasteiger partial charge in [0.15, 0.2) is 11.5 Å². The minimum absolute atomic E-state index is 0.0291. The van der Waals surface area contributed by atoms with E-state index in [9.17, 15) is 23.1 Å². The Morgan fingerprint density at radius 1 is 1.14 bits per heavy atom. The van der Waals surface area contributed by atoms with Crippen LogP contribution in [0, 0.1) is 0 Å². The number of ether oxygens (including phenoxy) is 2.